The van der Waals surface area contributed by atoms with Crippen LogP contribution in [-0.2, 0) is 16.6 Å². The highest BCUT2D eigenvalue weighted by Gasteiger charge is 2.42. The van der Waals surface area contributed by atoms with E-state index in [0.29, 0.717) is 5.91 Å². The smallest absolute Gasteiger partial charge is 0.239 e. The Morgan fingerprint density at radius 3 is 2.91 bits per heavy atom. The van der Waals surface area contributed by atoms with E-state index in [4.69, 9.17) is 0 Å². The standard InChI is InChI=1S/C19H26N2O/c22-18(17-9-4-12-20-17)21-13-5-11-19(14-21)10-3-7-15-6-1-2-8-16(15)19/h1-2,6,8,17,20H,3-5,7,9-14H2. The summed E-state index contributed by atoms with van der Waals surface area (Å²) in [6, 6.07) is 9.01. The fourth-order valence-electron chi connectivity index (χ4n) is 4.87. The van der Waals surface area contributed by atoms with E-state index >= 15 is 0 Å². The molecule has 1 aliphatic carbocycles. The van der Waals surface area contributed by atoms with Crippen molar-refractivity contribution in [3.8, 4) is 0 Å². The van der Waals surface area contributed by atoms with Crippen LogP contribution in [0.15, 0.2) is 24.3 Å². The normalized spacial score (nSPS) is 31.3. The monoisotopic (exact) mass is 298 g/mol. The highest BCUT2D eigenvalue weighted by atomic mass is 16.2. The maximum atomic E-state index is 12.8. The number of aryl methyl sites for hydroxylation is 1. The van der Waals surface area contributed by atoms with Gasteiger partial charge in [-0.3, -0.25) is 4.79 Å². The van der Waals surface area contributed by atoms with Gasteiger partial charge in [-0.05, 0) is 62.6 Å². The molecule has 3 nitrogen and oxygen atoms in total. The quantitative estimate of drug-likeness (QED) is 0.864. The first-order chi connectivity index (χ1) is 10.8. The average molecular weight is 298 g/mol. The van der Waals surface area contributed by atoms with Crippen molar-refractivity contribution in [3.05, 3.63) is 35.4 Å². The Hall–Kier alpha value is -1.35. The summed E-state index contributed by atoms with van der Waals surface area (Å²) in [5, 5.41) is 3.37. The zero-order valence-corrected chi connectivity index (χ0v) is 13.3. The van der Waals surface area contributed by atoms with E-state index in [2.05, 4.69) is 34.5 Å². The number of carbonyl (C=O) groups is 1. The Morgan fingerprint density at radius 2 is 2.05 bits per heavy atom. The van der Waals surface area contributed by atoms with Gasteiger partial charge in [-0.25, -0.2) is 0 Å². The lowest BCUT2D eigenvalue weighted by atomic mass is 9.66. The van der Waals surface area contributed by atoms with Gasteiger partial charge in [-0.15, -0.1) is 0 Å². The van der Waals surface area contributed by atoms with Crippen LogP contribution in [0, 0.1) is 0 Å². The zero-order valence-electron chi connectivity index (χ0n) is 13.3. The molecule has 1 spiro atoms. The SMILES string of the molecule is O=C(C1CCCN1)N1CCCC2(CCCc3ccccc32)C1. The molecule has 3 heteroatoms. The van der Waals surface area contributed by atoms with Crippen LogP contribution in [-0.4, -0.2) is 36.5 Å². The predicted molar refractivity (Wildman–Crippen MR) is 87.9 cm³/mol. The first-order valence-electron chi connectivity index (χ1n) is 8.89. The van der Waals surface area contributed by atoms with Crippen molar-refractivity contribution in [1.82, 2.24) is 10.2 Å². The molecule has 0 aromatic heterocycles. The molecule has 118 valence electrons. The van der Waals surface area contributed by atoms with Crippen molar-refractivity contribution >= 4 is 5.91 Å². The summed E-state index contributed by atoms with van der Waals surface area (Å²) in [6.45, 7) is 2.88. The minimum atomic E-state index is 0.0778. The van der Waals surface area contributed by atoms with Gasteiger partial charge >= 0.3 is 0 Å². The zero-order chi connectivity index (χ0) is 15.0. The highest BCUT2D eigenvalue weighted by molar-refractivity contribution is 5.82. The van der Waals surface area contributed by atoms with Crippen LogP contribution in [0.25, 0.3) is 0 Å². The number of rotatable bonds is 1. The second kappa shape index (κ2) is 5.69. The van der Waals surface area contributed by atoms with E-state index in [-0.39, 0.29) is 11.5 Å². The van der Waals surface area contributed by atoms with Crippen molar-refractivity contribution in [2.24, 2.45) is 0 Å². The Kier molecular flexibility index (Phi) is 3.69. The maximum absolute atomic E-state index is 12.8. The van der Waals surface area contributed by atoms with Gasteiger partial charge in [0, 0.05) is 18.5 Å². The molecular weight excluding hydrogens is 272 g/mol. The van der Waals surface area contributed by atoms with E-state index in [1.54, 1.807) is 0 Å². The Balaban J connectivity index is 1.59. The van der Waals surface area contributed by atoms with Crippen molar-refractivity contribution in [2.45, 2.75) is 56.4 Å². The Morgan fingerprint density at radius 1 is 1.18 bits per heavy atom. The molecule has 2 fully saturated rings. The molecule has 1 N–H and O–H groups in total. The number of piperidine rings is 1. The molecule has 1 aromatic rings. The lowest BCUT2D eigenvalue weighted by Crippen LogP contribution is -2.53. The van der Waals surface area contributed by atoms with Crippen LogP contribution in [0.2, 0.25) is 0 Å². The average Bonchev–Trinajstić information content (AvgIpc) is 3.09. The van der Waals surface area contributed by atoms with E-state index in [0.717, 1.165) is 38.9 Å². The van der Waals surface area contributed by atoms with Crippen molar-refractivity contribution in [3.63, 3.8) is 0 Å². The van der Waals surface area contributed by atoms with Gasteiger partial charge in [-0.2, -0.15) is 0 Å². The van der Waals surface area contributed by atoms with E-state index in [1.807, 2.05) is 0 Å². The largest absolute Gasteiger partial charge is 0.340 e. The second-order valence-electron chi connectivity index (χ2n) is 7.30. The fraction of sp³-hybridized carbons (Fsp3) is 0.632. The van der Waals surface area contributed by atoms with Crippen molar-refractivity contribution in [2.75, 3.05) is 19.6 Å². The summed E-state index contributed by atoms with van der Waals surface area (Å²) in [5.74, 6) is 0.347. The molecule has 0 bridgehead atoms. The van der Waals surface area contributed by atoms with Crippen LogP contribution in [0.5, 0.6) is 0 Å². The summed E-state index contributed by atoms with van der Waals surface area (Å²) in [4.78, 5) is 15.0. The molecule has 1 aromatic carbocycles. The van der Waals surface area contributed by atoms with E-state index in [1.165, 1.54) is 36.8 Å². The van der Waals surface area contributed by atoms with Gasteiger partial charge in [0.05, 0.1) is 6.04 Å². The van der Waals surface area contributed by atoms with Gasteiger partial charge in [0.25, 0.3) is 0 Å². The third-order valence-corrected chi connectivity index (χ3v) is 5.94. The summed E-state index contributed by atoms with van der Waals surface area (Å²) >= 11 is 0. The molecule has 2 aliphatic heterocycles. The number of fused-ring (bicyclic) bond motifs is 2. The summed E-state index contributed by atoms with van der Waals surface area (Å²) in [6.07, 6.45) is 8.25. The topological polar surface area (TPSA) is 32.3 Å². The van der Waals surface area contributed by atoms with E-state index in [9.17, 15) is 4.79 Å². The first kappa shape index (κ1) is 14.3. The van der Waals surface area contributed by atoms with Crippen LogP contribution >= 0.6 is 0 Å². The van der Waals surface area contributed by atoms with Crippen LogP contribution < -0.4 is 5.32 Å². The van der Waals surface area contributed by atoms with Crippen molar-refractivity contribution < 1.29 is 4.79 Å². The number of benzene rings is 1. The van der Waals surface area contributed by atoms with Crippen LogP contribution in [0.3, 0.4) is 0 Å². The lowest BCUT2D eigenvalue weighted by molar-refractivity contribution is -0.135. The minimum Gasteiger partial charge on any atom is -0.340 e. The third kappa shape index (κ3) is 2.36. The summed E-state index contributed by atoms with van der Waals surface area (Å²) < 4.78 is 0. The number of hydrogen-bond donors (Lipinski definition) is 1. The lowest BCUT2D eigenvalue weighted by Gasteiger charge is -2.47. The fourth-order valence-corrected chi connectivity index (χ4v) is 4.87. The Bertz CT molecular complexity index is 564. The molecule has 22 heavy (non-hydrogen) atoms. The number of amides is 1. The molecule has 2 heterocycles. The minimum absolute atomic E-state index is 0.0778. The maximum Gasteiger partial charge on any atom is 0.239 e. The molecule has 0 saturated carbocycles. The van der Waals surface area contributed by atoms with Crippen molar-refractivity contribution in [1.29, 1.82) is 0 Å². The van der Waals surface area contributed by atoms with Gasteiger partial charge in [0.1, 0.15) is 0 Å². The summed E-state index contributed by atoms with van der Waals surface area (Å²) in [5.41, 5.74) is 3.27. The molecule has 4 rings (SSSR count). The van der Waals surface area contributed by atoms with Crippen LogP contribution in [0.1, 0.15) is 49.7 Å². The number of nitrogens with zero attached hydrogens (tertiary/aromatic N) is 1. The number of likely N-dealkylation sites (tertiary alicyclic amines) is 1. The highest BCUT2D eigenvalue weighted by Crippen LogP contribution is 2.43. The molecular formula is C19H26N2O. The number of nitrogens with one attached hydrogen (secondary N) is 1. The van der Waals surface area contributed by atoms with Crippen LogP contribution in [0.4, 0.5) is 0 Å². The molecule has 2 atom stereocenters. The third-order valence-electron chi connectivity index (χ3n) is 5.94. The Labute approximate surface area is 133 Å². The summed E-state index contributed by atoms with van der Waals surface area (Å²) in [7, 11) is 0. The number of hydrogen-bond acceptors (Lipinski definition) is 2. The van der Waals surface area contributed by atoms with E-state index < -0.39 is 0 Å². The molecule has 1 amide bonds. The second-order valence-corrected chi connectivity index (χ2v) is 7.30. The van der Waals surface area contributed by atoms with Gasteiger partial charge < -0.3 is 10.2 Å². The molecule has 2 unspecified atom stereocenters. The van der Waals surface area contributed by atoms with Gasteiger partial charge in [0.15, 0.2) is 0 Å². The molecule has 2 saturated heterocycles. The predicted octanol–water partition coefficient (Wildman–Crippen LogP) is 2.64. The molecule has 0 radical (unpaired) electrons. The van der Waals surface area contributed by atoms with Gasteiger partial charge in [0.2, 0.25) is 5.91 Å². The first-order valence-corrected chi connectivity index (χ1v) is 8.89. The number of carbonyl (C=O) groups excluding carboxylic acids is 1. The van der Waals surface area contributed by atoms with Gasteiger partial charge in [-0.1, -0.05) is 24.3 Å². The molecule has 3 aliphatic rings.